The number of carbonyl (C=O) groups is 1. The fraction of sp³-hybridized carbons (Fsp3) is 0.267. The van der Waals surface area contributed by atoms with Gasteiger partial charge in [0.1, 0.15) is 5.82 Å². The number of fused-ring (bicyclic) bond motifs is 1. The third-order valence-corrected chi connectivity index (χ3v) is 5.53. The van der Waals surface area contributed by atoms with Gasteiger partial charge in [0.25, 0.3) is 5.91 Å². The van der Waals surface area contributed by atoms with Crippen LogP contribution in [-0.2, 0) is 12.8 Å². The molecule has 5 heteroatoms. The predicted octanol–water partition coefficient (Wildman–Crippen LogP) is 4.62. The summed E-state index contributed by atoms with van der Waals surface area (Å²) in [4.78, 5) is 14.4. The van der Waals surface area contributed by atoms with Crippen molar-refractivity contribution in [2.24, 2.45) is 0 Å². The minimum absolute atomic E-state index is 0.103. The maximum atomic E-state index is 13.0. The van der Waals surface area contributed by atoms with Crippen molar-refractivity contribution in [3.8, 4) is 0 Å². The molecular weight excluding hydrogens is 388 g/mol. The Morgan fingerprint density at radius 2 is 2.05 bits per heavy atom. The first kappa shape index (κ1) is 14.0. The molecule has 1 heterocycles. The highest BCUT2D eigenvalue weighted by molar-refractivity contribution is 14.1. The molecule has 0 bridgehead atoms. The van der Waals surface area contributed by atoms with E-state index in [4.69, 9.17) is 0 Å². The molecule has 1 aromatic heterocycles. The average molecular weight is 401 g/mol. The van der Waals surface area contributed by atoms with Crippen LogP contribution in [0.5, 0.6) is 0 Å². The van der Waals surface area contributed by atoms with Crippen molar-refractivity contribution < 1.29 is 9.18 Å². The standard InChI is InChI=1S/C15H13FINOS/c16-10-5-6-12(11(17)8-10)18-15(19)14-7-9-3-1-2-4-13(9)20-14/h5-8H,1-4H2,(H,18,19). The number of hydrogen-bond donors (Lipinski definition) is 1. The van der Waals surface area contributed by atoms with Gasteiger partial charge in [0, 0.05) is 8.45 Å². The molecule has 0 aliphatic heterocycles. The van der Waals surface area contributed by atoms with Crippen LogP contribution in [0.2, 0.25) is 0 Å². The number of benzene rings is 1. The lowest BCUT2D eigenvalue weighted by Crippen LogP contribution is -2.11. The van der Waals surface area contributed by atoms with Crippen molar-refractivity contribution in [3.05, 3.63) is 49.0 Å². The van der Waals surface area contributed by atoms with Gasteiger partial charge in [-0.25, -0.2) is 4.39 Å². The van der Waals surface area contributed by atoms with E-state index in [1.807, 2.05) is 28.7 Å². The Balaban J connectivity index is 1.80. The average Bonchev–Trinajstić information content (AvgIpc) is 2.86. The van der Waals surface area contributed by atoms with Crippen molar-refractivity contribution in [1.82, 2.24) is 0 Å². The topological polar surface area (TPSA) is 29.1 Å². The molecule has 1 aliphatic rings. The second-order valence-electron chi connectivity index (χ2n) is 4.84. The molecule has 2 aromatic rings. The molecule has 1 aromatic carbocycles. The lowest BCUT2D eigenvalue weighted by Gasteiger charge is -2.08. The van der Waals surface area contributed by atoms with Crippen LogP contribution in [0.3, 0.4) is 0 Å². The summed E-state index contributed by atoms with van der Waals surface area (Å²) in [7, 11) is 0. The third-order valence-electron chi connectivity index (χ3n) is 3.40. The molecule has 20 heavy (non-hydrogen) atoms. The van der Waals surface area contributed by atoms with E-state index in [-0.39, 0.29) is 11.7 Å². The molecule has 0 unspecified atom stereocenters. The van der Waals surface area contributed by atoms with Gasteiger partial charge in [-0.3, -0.25) is 4.79 Å². The summed E-state index contributed by atoms with van der Waals surface area (Å²) in [6.45, 7) is 0. The fourth-order valence-corrected chi connectivity index (χ4v) is 4.14. The largest absolute Gasteiger partial charge is 0.320 e. The highest BCUT2D eigenvalue weighted by atomic mass is 127. The Morgan fingerprint density at radius 3 is 2.80 bits per heavy atom. The zero-order valence-electron chi connectivity index (χ0n) is 10.7. The van der Waals surface area contributed by atoms with Crippen LogP contribution < -0.4 is 5.32 Å². The highest BCUT2D eigenvalue weighted by Crippen LogP contribution is 2.30. The Hall–Kier alpha value is -0.950. The first-order chi connectivity index (χ1) is 9.63. The summed E-state index contributed by atoms with van der Waals surface area (Å²) < 4.78 is 13.8. The molecule has 104 valence electrons. The van der Waals surface area contributed by atoms with E-state index >= 15 is 0 Å². The van der Waals surface area contributed by atoms with E-state index in [1.165, 1.54) is 35.4 Å². The molecule has 1 N–H and O–H groups in total. The van der Waals surface area contributed by atoms with Gasteiger partial charge in [0.05, 0.1) is 10.6 Å². The second kappa shape index (κ2) is 5.81. The number of rotatable bonds is 2. The Kier molecular flexibility index (Phi) is 4.07. The number of thiophene rings is 1. The van der Waals surface area contributed by atoms with Crippen molar-refractivity contribution in [2.75, 3.05) is 5.32 Å². The number of nitrogens with one attached hydrogen (secondary N) is 1. The molecule has 1 amide bonds. The summed E-state index contributed by atoms with van der Waals surface area (Å²) in [5, 5.41) is 2.86. The van der Waals surface area contributed by atoms with Crippen LogP contribution in [0.25, 0.3) is 0 Å². The van der Waals surface area contributed by atoms with E-state index in [0.29, 0.717) is 9.26 Å². The van der Waals surface area contributed by atoms with Crippen LogP contribution in [0.15, 0.2) is 24.3 Å². The van der Waals surface area contributed by atoms with E-state index in [0.717, 1.165) is 17.7 Å². The smallest absolute Gasteiger partial charge is 0.265 e. The molecular formula is C15H13FINOS. The Morgan fingerprint density at radius 1 is 1.25 bits per heavy atom. The molecule has 3 rings (SSSR count). The first-order valence-electron chi connectivity index (χ1n) is 6.51. The molecule has 1 aliphatic carbocycles. The van der Waals surface area contributed by atoms with Gasteiger partial charge >= 0.3 is 0 Å². The van der Waals surface area contributed by atoms with Gasteiger partial charge in [-0.15, -0.1) is 11.3 Å². The lowest BCUT2D eigenvalue weighted by molar-refractivity contribution is 0.103. The summed E-state index contributed by atoms with van der Waals surface area (Å²) in [6.07, 6.45) is 4.58. The van der Waals surface area contributed by atoms with Gasteiger partial charge in [0.2, 0.25) is 0 Å². The van der Waals surface area contributed by atoms with E-state index in [9.17, 15) is 9.18 Å². The quantitative estimate of drug-likeness (QED) is 0.731. The van der Waals surface area contributed by atoms with Crippen molar-refractivity contribution >= 4 is 45.5 Å². The Bertz CT molecular complexity index is 644. The van der Waals surface area contributed by atoms with E-state index in [1.54, 1.807) is 17.4 Å². The van der Waals surface area contributed by atoms with Gasteiger partial charge < -0.3 is 5.32 Å². The maximum absolute atomic E-state index is 13.0. The van der Waals surface area contributed by atoms with Gasteiger partial charge in [-0.05, 0) is 78.1 Å². The van der Waals surface area contributed by atoms with Crippen LogP contribution in [0, 0.1) is 9.39 Å². The molecule has 2 nitrogen and oxygen atoms in total. The molecule has 0 fully saturated rings. The molecule has 0 saturated heterocycles. The zero-order valence-corrected chi connectivity index (χ0v) is 13.7. The highest BCUT2D eigenvalue weighted by Gasteiger charge is 2.17. The zero-order chi connectivity index (χ0) is 14.1. The van der Waals surface area contributed by atoms with Gasteiger partial charge in [0.15, 0.2) is 0 Å². The maximum Gasteiger partial charge on any atom is 0.265 e. The van der Waals surface area contributed by atoms with Gasteiger partial charge in [-0.2, -0.15) is 0 Å². The summed E-state index contributed by atoms with van der Waals surface area (Å²) in [6, 6.07) is 6.38. The number of aryl methyl sites for hydroxylation is 2. The fourth-order valence-electron chi connectivity index (χ4n) is 2.38. The molecule has 0 saturated carbocycles. The normalized spacial score (nSPS) is 13.9. The van der Waals surface area contributed by atoms with Gasteiger partial charge in [-0.1, -0.05) is 0 Å². The van der Waals surface area contributed by atoms with Crippen LogP contribution >= 0.6 is 33.9 Å². The number of amides is 1. The SMILES string of the molecule is O=C(Nc1ccc(F)cc1I)c1cc2c(s1)CCCC2. The lowest BCUT2D eigenvalue weighted by atomic mass is 9.99. The first-order valence-corrected chi connectivity index (χ1v) is 8.41. The third kappa shape index (κ3) is 2.88. The van der Waals surface area contributed by atoms with Crippen molar-refractivity contribution in [2.45, 2.75) is 25.7 Å². The van der Waals surface area contributed by atoms with E-state index < -0.39 is 0 Å². The second-order valence-corrected chi connectivity index (χ2v) is 7.14. The minimum atomic E-state index is -0.293. The summed E-state index contributed by atoms with van der Waals surface area (Å²) >= 11 is 3.61. The van der Waals surface area contributed by atoms with Crippen molar-refractivity contribution in [3.63, 3.8) is 0 Å². The van der Waals surface area contributed by atoms with Crippen LogP contribution in [-0.4, -0.2) is 5.91 Å². The number of anilines is 1. The molecule has 0 radical (unpaired) electrons. The molecule has 0 atom stereocenters. The number of halogens is 2. The summed E-state index contributed by atoms with van der Waals surface area (Å²) in [5.41, 5.74) is 1.98. The van der Waals surface area contributed by atoms with Crippen LogP contribution in [0.4, 0.5) is 10.1 Å². The number of hydrogen-bond acceptors (Lipinski definition) is 2. The Labute approximate surface area is 134 Å². The minimum Gasteiger partial charge on any atom is -0.320 e. The molecule has 0 spiro atoms. The van der Waals surface area contributed by atoms with Crippen molar-refractivity contribution in [1.29, 1.82) is 0 Å². The monoisotopic (exact) mass is 401 g/mol. The predicted molar refractivity (Wildman–Crippen MR) is 88.0 cm³/mol. The number of carbonyl (C=O) groups excluding carboxylic acids is 1. The van der Waals surface area contributed by atoms with E-state index in [2.05, 4.69) is 5.32 Å². The summed E-state index contributed by atoms with van der Waals surface area (Å²) in [5.74, 6) is -0.395. The van der Waals surface area contributed by atoms with Crippen LogP contribution in [0.1, 0.15) is 33.0 Å².